The zero-order valence-corrected chi connectivity index (χ0v) is 54.3. The van der Waals surface area contributed by atoms with Crippen molar-refractivity contribution >= 4 is 16.6 Å². The first-order valence-corrected chi connectivity index (χ1v) is 35.3. The Hall–Kier alpha value is -6.56. The molecule has 1 saturated carbocycles. The number of nitrogens with zero attached hydrogens (tertiary/aromatic N) is 1. The van der Waals surface area contributed by atoms with E-state index in [1.807, 2.05) is 18.2 Å². The lowest BCUT2D eigenvalue weighted by Crippen LogP contribution is -2.64. The lowest BCUT2D eigenvalue weighted by molar-refractivity contribution is -0.193. The van der Waals surface area contributed by atoms with Crippen LogP contribution in [0.1, 0.15) is 197 Å². The van der Waals surface area contributed by atoms with Crippen LogP contribution >= 0.6 is 0 Å². The molecule has 3 fully saturated rings. The normalized spacial score (nSPS) is 28.5. The molecular weight excluding hydrogens is 1150 g/mol. The molecule has 7 heterocycles. The van der Waals surface area contributed by atoms with Crippen LogP contribution in [0.3, 0.4) is 0 Å². The van der Waals surface area contributed by atoms with Crippen molar-refractivity contribution in [2.45, 2.75) is 216 Å². The first kappa shape index (κ1) is 61.6. The zero-order valence-electron chi connectivity index (χ0n) is 54.3. The minimum absolute atomic E-state index is 0.0178. The van der Waals surface area contributed by atoms with Crippen molar-refractivity contribution in [3.05, 3.63) is 169 Å². The number of hydrogen-bond donors (Lipinski definition) is 7. The third-order valence-corrected chi connectivity index (χ3v) is 23.8. The standard InChI is InChI=1S/C80H95N3O9/c1-4-11-48(2)32-56-36-55-39-66-58(44-84)40-71(88)76(74(56)66)91-45-59-38-61(80-60-24-22-52-14-10-15-53(75(52)80)23-28-72(80)79(92-46-60)30-6-5-7-31-79)37-57-42-83(43-67(57)59)78-68-47-90-63(41-70(55)87)17-9-12-49(20-25-64(68)65-26-29-73(89-3)81-77(65)82-78)18-19-50-21-27-69(86)54(33-50)34-51-13-8-16-62(85)35-51/h8,10,13-16,21,27,33,35,37-38,40,42-43,48-49,55-56,60,63,70,72-73,77,81-82,84-88H,4-7,9,11-12,17-19,22-24,26,28-32,34,36,39,41,44-47H2,1-3H3. The third-order valence-electron chi connectivity index (χ3n) is 23.8. The van der Waals surface area contributed by atoms with Crippen LogP contribution in [0.25, 0.3) is 16.6 Å². The maximum absolute atomic E-state index is 12.9. The first-order valence-electron chi connectivity index (χ1n) is 35.3. The summed E-state index contributed by atoms with van der Waals surface area (Å²) in [5.74, 6) is 10.7. The molecule has 10 aliphatic rings. The number of ether oxygens (including phenoxy) is 4. The molecule has 11 unspecified atom stereocenters. The summed E-state index contributed by atoms with van der Waals surface area (Å²) in [6.07, 6.45) is 24.2. The summed E-state index contributed by atoms with van der Waals surface area (Å²) in [6, 6.07) is 27.1. The van der Waals surface area contributed by atoms with Crippen molar-refractivity contribution in [3.63, 3.8) is 0 Å². The Morgan fingerprint density at radius 1 is 0.826 bits per heavy atom. The number of aliphatic hydroxyl groups excluding tert-OH is 2. The number of dihydropyridines is 1. The van der Waals surface area contributed by atoms with Gasteiger partial charge in [0.05, 0.1) is 37.6 Å². The van der Waals surface area contributed by atoms with E-state index in [-0.39, 0.29) is 77.7 Å². The Bertz CT molecular complexity index is 3880. The number of aryl methyl sites for hydroxylation is 3. The van der Waals surface area contributed by atoms with Crippen LogP contribution in [0.5, 0.6) is 23.0 Å². The number of fused-ring (bicyclic) bond motifs is 5. The number of phenolic OH excluding ortho intramolecular Hbond substituents is 3. The Labute approximate surface area is 543 Å². The van der Waals surface area contributed by atoms with Gasteiger partial charge >= 0.3 is 0 Å². The number of methoxy groups -OCH3 is 1. The number of rotatable bonds is 12. The van der Waals surface area contributed by atoms with Crippen molar-refractivity contribution < 1.29 is 44.5 Å². The summed E-state index contributed by atoms with van der Waals surface area (Å²) in [5.41, 5.74) is 15.3. The molecule has 6 aromatic rings. The van der Waals surface area contributed by atoms with Crippen LogP contribution in [0.4, 0.5) is 0 Å². The second-order valence-corrected chi connectivity index (χ2v) is 29.4. The second-order valence-electron chi connectivity index (χ2n) is 29.4. The Balaban J connectivity index is 0.912. The van der Waals surface area contributed by atoms with Crippen LogP contribution in [0.2, 0.25) is 0 Å². The predicted molar refractivity (Wildman–Crippen MR) is 359 cm³/mol. The Morgan fingerprint density at radius 3 is 2.50 bits per heavy atom. The monoisotopic (exact) mass is 1240 g/mol. The fourth-order valence-electron chi connectivity index (χ4n) is 19.6. The molecule has 484 valence electrons. The molecule has 1 aromatic heterocycles. The van der Waals surface area contributed by atoms with Gasteiger partial charge in [-0.05, 0) is 224 Å². The van der Waals surface area contributed by atoms with E-state index < -0.39 is 6.10 Å². The van der Waals surface area contributed by atoms with Gasteiger partial charge in [0.2, 0.25) is 0 Å². The van der Waals surface area contributed by atoms with Crippen molar-refractivity contribution in [1.29, 1.82) is 0 Å². The molecule has 16 rings (SSSR count). The molecule has 12 heteroatoms. The maximum atomic E-state index is 12.9. The molecule has 8 bridgehead atoms. The molecule has 7 N–H and O–H groups in total. The third kappa shape index (κ3) is 11.3. The van der Waals surface area contributed by atoms with E-state index in [4.69, 9.17) is 18.9 Å². The molecule has 2 saturated heterocycles. The molecular formula is C80H95N3O9. The largest absolute Gasteiger partial charge is 0.508 e. The van der Waals surface area contributed by atoms with E-state index >= 15 is 0 Å². The minimum atomic E-state index is -0.694. The summed E-state index contributed by atoms with van der Waals surface area (Å²) in [6.45, 7) is 5.62. The van der Waals surface area contributed by atoms with Gasteiger partial charge in [-0.3, -0.25) is 5.32 Å². The summed E-state index contributed by atoms with van der Waals surface area (Å²) < 4.78 is 30.6. The van der Waals surface area contributed by atoms with Gasteiger partial charge in [-0.1, -0.05) is 106 Å². The number of piperidine rings is 1. The summed E-state index contributed by atoms with van der Waals surface area (Å²) >= 11 is 0. The average Bonchev–Trinajstić information content (AvgIpc) is 0.724. The van der Waals surface area contributed by atoms with E-state index in [9.17, 15) is 25.5 Å². The zero-order chi connectivity index (χ0) is 62.8. The quantitative estimate of drug-likeness (QED) is 0.0583. The number of aromatic nitrogens is 1. The molecule has 92 heavy (non-hydrogen) atoms. The molecule has 5 aromatic carbocycles. The highest BCUT2D eigenvalue weighted by Crippen LogP contribution is 2.65. The van der Waals surface area contributed by atoms with E-state index in [0.717, 1.165) is 177 Å². The number of benzene rings is 5. The highest BCUT2D eigenvalue weighted by molar-refractivity contribution is 5.89. The molecule has 4 aliphatic carbocycles. The molecule has 6 aliphatic heterocycles. The van der Waals surface area contributed by atoms with Crippen LogP contribution in [-0.4, -0.2) is 80.6 Å². The van der Waals surface area contributed by atoms with Gasteiger partial charge in [0.15, 0.2) is 11.5 Å². The molecule has 0 radical (unpaired) electrons. The SMILES string of the molecule is CCCC(C)CC1CC2Cc3c(CO)cc(O)c(c31)OCc1cc(C34c5c6cccc5CCC3C3(CCCCC3)OCC4CC6)cc3cn(cc13)C1=C3COC(CCCC(CCc4ccc(O)c(Cc5cccc(O)c5)c4)C#CC3=C3CCC(OC)NC3N1)CC2O. The highest BCUT2D eigenvalue weighted by atomic mass is 16.5. The van der Waals surface area contributed by atoms with Gasteiger partial charge in [0.1, 0.15) is 36.3 Å². The van der Waals surface area contributed by atoms with Crippen molar-refractivity contribution in [3.8, 4) is 34.8 Å². The summed E-state index contributed by atoms with van der Waals surface area (Å²) in [7, 11) is 1.78. The first-order chi connectivity index (χ1) is 44.9. The molecule has 0 amide bonds. The smallest absolute Gasteiger partial charge is 0.165 e. The van der Waals surface area contributed by atoms with Crippen LogP contribution in [-0.2, 0) is 64.9 Å². The second kappa shape index (κ2) is 25.6. The van der Waals surface area contributed by atoms with Crippen LogP contribution < -0.4 is 15.4 Å². The Morgan fingerprint density at radius 2 is 1.67 bits per heavy atom. The van der Waals surface area contributed by atoms with Gasteiger partial charge in [0.25, 0.3) is 0 Å². The fraction of sp³-hybridized carbons (Fsp3) is 0.525. The lowest BCUT2D eigenvalue weighted by Gasteiger charge is -2.63. The van der Waals surface area contributed by atoms with Crippen LogP contribution in [0.15, 0.2) is 108 Å². The molecule has 1 spiro atoms. The number of aliphatic hydroxyl groups is 2. The van der Waals surface area contributed by atoms with Crippen molar-refractivity contribution in [2.75, 3.05) is 20.3 Å². The van der Waals surface area contributed by atoms with Crippen molar-refractivity contribution in [1.82, 2.24) is 15.2 Å². The number of phenols is 3. The van der Waals surface area contributed by atoms with Gasteiger partial charge in [-0.2, -0.15) is 0 Å². The van der Waals surface area contributed by atoms with E-state index in [2.05, 4.69) is 89.7 Å². The number of nitrogens with one attached hydrogen (secondary N) is 2. The molecule has 11 atom stereocenters. The van der Waals surface area contributed by atoms with E-state index in [1.165, 1.54) is 41.5 Å². The number of aromatic hydroxyl groups is 3. The van der Waals surface area contributed by atoms with Gasteiger partial charge in [-0.25, -0.2) is 0 Å². The van der Waals surface area contributed by atoms with E-state index in [1.54, 1.807) is 36.9 Å². The molecule has 12 nitrogen and oxygen atoms in total. The van der Waals surface area contributed by atoms with Gasteiger partial charge < -0.3 is 54.4 Å². The minimum Gasteiger partial charge on any atom is -0.508 e. The van der Waals surface area contributed by atoms with Crippen LogP contribution in [0, 0.1) is 41.4 Å². The topological polar surface area (TPSA) is 167 Å². The predicted octanol–water partition coefficient (Wildman–Crippen LogP) is 14.4. The fourth-order valence-corrected chi connectivity index (χ4v) is 19.6. The average molecular weight is 1240 g/mol. The maximum Gasteiger partial charge on any atom is 0.165 e. The lowest BCUT2D eigenvalue weighted by atomic mass is 9.45. The van der Waals surface area contributed by atoms with Gasteiger partial charge in [-0.15, -0.1) is 0 Å². The van der Waals surface area contributed by atoms with Crippen molar-refractivity contribution in [2.24, 2.45) is 29.6 Å². The van der Waals surface area contributed by atoms with Gasteiger partial charge in [0, 0.05) is 70.7 Å². The summed E-state index contributed by atoms with van der Waals surface area (Å²) in [5, 5.41) is 68.1. The van der Waals surface area contributed by atoms with E-state index in [0.29, 0.717) is 54.9 Å². The number of hydrogen-bond acceptors (Lipinski definition) is 11. The Kier molecular flexibility index (Phi) is 17.2. The summed E-state index contributed by atoms with van der Waals surface area (Å²) in [4.78, 5) is 0. The highest BCUT2D eigenvalue weighted by Gasteiger charge is 2.63.